The fraction of sp³-hybridized carbons (Fsp3) is 0.552. The lowest BCUT2D eigenvalue weighted by Gasteiger charge is -2.68. The van der Waals surface area contributed by atoms with Gasteiger partial charge in [0.1, 0.15) is 11.4 Å². The molecule has 7 atom stereocenters. The molecule has 5 rings (SSSR count). The van der Waals surface area contributed by atoms with Crippen LogP contribution in [0.2, 0.25) is 0 Å². The van der Waals surface area contributed by atoms with Gasteiger partial charge >= 0.3 is 5.97 Å². The monoisotopic (exact) mass is 464 g/mol. The Balaban J connectivity index is 1.55. The first-order chi connectivity index (χ1) is 16.1. The Bertz CT molecular complexity index is 1080. The number of benzene rings is 1. The quantitative estimate of drug-likeness (QED) is 0.487. The molecule has 2 aromatic rings. The van der Waals surface area contributed by atoms with Gasteiger partial charge in [0.15, 0.2) is 6.10 Å². The summed E-state index contributed by atoms with van der Waals surface area (Å²) in [5.74, 6) is 0.329. The summed E-state index contributed by atoms with van der Waals surface area (Å²) < 4.78 is 11.8. The molecule has 0 radical (unpaired) electrons. The fourth-order valence-electron chi connectivity index (χ4n) is 7.72. The second-order valence-electron chi connectivity index (χ2n) is 11.5. The zero-order valence-corrected chi connectivity index (χ0v) is 20.5. The molecule has 1 aromatic carbocycles. The summed E-state index contributed by atoms with van der Waals surface area (Å²) in [6.45, 7) is 8.34. The molecular weight excluding hydrogens is 428 g/mol. The van der Waals surface area contributed by atoms with Gasteiger partial charge in [0.05, 0.1) is 12.4 Å². The topological polar surface area (TPSA) is 79.9 Å². The maximum Gasteiger partial charge on any atom is 0.331 e. The predicted molar refractivity (Wildman–Crippen MR) is 130 cm³/mol. The normalized spacial score (nSPS) is 38.6. The van der Waals surface area contributed by atoms with E-state index >= 15 is 0 Å². The number of hydrogen-bond acceptors (Lipinski definition) is 5. The van der Waals surface area contributed by atoms with Gasteiger partial charge in [-0.1, -0.05) is 64.4 Å². The molecule has 0 bridgehead atoms. The molecule has 3 aliphatic carbocycles. The van der Waals surface area contributed by atoms with Crippen LogP contribution in [0.3, 0.4) is 0 Å². The van der Waals surface area contributed by atoms with Crippen LogP contribution < -0.4 is 0 Å². The third kappa shape index (κ3) is 3.24. The molecule has 0 aliphatic heterocycles. The first-order valence-electron chi connectivity index (χ1n) is 12.5. The third-order valence-electron chi connectivity index (χ3n) is 9.51. The highest BCUT2D eigenvalue weighted by Crippen LogP contribution is 2.67. The first kappa shape index (κ1) is 23.4. The van der Waals surface area contributed by atoms with E-state index in [1.54, 1.807) is 12.3 Å². The van der Waals surface area contributed by atoms with E-state index in [-0.39, 0.29) is 17.8 Å². The molecule has 0 saturated heterocycles. The van der Waals surface area contributed by atoms with Gasteiger partial charge in [-0.2, -0.15) is 0 Å². The van der Waals surface area contributed by atoms with Gasteiger partial charge in [-0.15, -0.1) is 0 Å². The molecule has 2 fully saturated rings. The van der Waals surface area contributed by atoms with Crippen molar-refractivity contribution in [2.24, 2.45) is 22.7 Å². The zero-order valence-electron chi connectivity index (χ0n) is 20.5. The number of ether oxygens (including phenoxy) is 1. The molecule has 182 valence electrons. The van der Waals surface area contributed by atoms with Crippen molar-refractivity contribution in [3.8, 4) is 0 Å². The Morgan fingerprint density at radius 2 is 1.88 bits per heavy atom. The number of furan rings is 1. The lowest BCUT2D eigenvalue weighted by Crippen LogP contribution is -2.76. The molecule has 5 heteroatoms. The number of aliphatic hydroxyl groups excluding tert-OH is 1. The van der Waals surface area contributed by atoms with E-state index in [1.165, 1.54) is 6.08 Å². The lowest BCUT2D eigenvalue weighted by atomic mass is 9.40. The van der Waals surface area contributed by atoms with Gasteiger partial charge in [0, 0.05) is 17.9 Å². The maximum absolute atomic E-state index is 13.0. The van der Waals surface area contributed by atoms with Crippen LogP contribution in [-0.4, -0.2) is 34.0 Å². The van der Waals surface area contributed by atoms with E-state index in [0.717, 1.165) is 36.1 Å². The number of aliphatic hydroxyl groups is 2. The summed E-state index contributed by atoms with van der Waals surface area (Å²) in [4.78, 5) is 13.0. The van der Waals surface area contributed by atoms with Crippen molar-refractivity contribution in [1.29, 1.82) is 0 Å². The largest absolute Gasteiger partial charge is 0.469 e. The number of esters is 1. The van der Waals surface area contributed by atoms with Gasteiger partial charge in [0.25, 0.3) is 0 Å². The lowest BCUT2D eigenvalue weighted by molar-refractivity contribution is -0.315. The van der Waals surface area contributed by atoms with Crippen LogP contribution in [0.15, 0.2) is 53.2 Å². The Hall–Kier alpha value is -2.37. The third-order valence-corrected chi connectivity index (χ3v) is 9.51. The zero-order chi connectivity index (χ0) is 24.3. The average molecular weight is 465 g/mol. The van der Waals surface area contributed by atoms with E-state index in [9.17, 15) is 15.0 Å². The van der Waals surface area contributed by atoms with Crippen LogP contribution in [0.1, 0.15) is 69.8 Å². The fourth-order valence-corrected chi connectivity index (χ4v) is 7.72. The van der Waals surface area contributed by atoms with E-state index < -0.39 is 34.6 Å². The number of hydrogen-bond donors (Lipinski definition) is 2. The highest BCUT2D eigenvalue weighted by atomic mass is 16.6. The van der Waals surface area contributed by atoms with Crippen molar-refractivity contribution in [3.63, 3.8) is 0 Å². The maximum atomic E-state index is 13.0. The molecule has 2 N–H and O–H groups in total. The summed E-state index contributed by atoms with van der Waals surface area (Å²) in [6, 6.07) is 11.5. The van der Waals surface area contributed by atoms with E-state index in [0.29, 0.717) is 6.42 Å². The Morgan fingerprint density at radius 1 is 1.15 bits per heavy atom. The second kappa shape index (κ2) is 8.10. The Kier molecular flexibility index (Phi) is 5.57. The van der Waals surface area contributed by atoms with Crippen LogP contribution in [0.25, 0.3) is 6.08 Å². The number of rotatable bonds is 3. The first-order valence-corrected chi connectivity index (χ1v) is 12.5. The smallest absolute Gasteiger partial charge is 0.331 e. The minimum absolute atomic E-state index is 0.0236. The Morgan fingerprint density at radius 3 is 2.62 bits per heavy atom. The second-order valence-corrected chi connectivity index (χ2v) is 11.5. The van der Waals surface area contributed by atoms with Crippen LogP contribution in [0.4, 0.5) is 0 Å². The van der Waals surface area contributed by atoms with Gasteiger partial charge in [-0.25, -0.2) is 4.79 Å². The predicted octanol–water partition coefficient (Wildman–Crippen LogP) is 5.12. The van der Waals surface area contributed by atoms with Gasteiger partial charge in [0.2, 0.25) is 0 Å². The van der Waals surface area contributed by atoms with Gasteiger partial charge in [-0.05, 0) is 59.3 Å². The molecule has 34 heavy (non-hydrogen) atoms. The van der Waals surface area contributed by atoms with Gasteiger partial charge < -0.3 is 19.4 Å². The van der Waals surface area contributed by atoms with Crippen molar-refractivity contribution in [2.75, 3.05) is 0 Å². The van der Waals surface area contributed by atoms with Crippen molar-refractivity contribution < 1.29 is 24.2 Å². The van der Waals surface area contributed by atoms with Crippen molar-refractivity contribution >= 4 is 12.0 Å². The molecule has 0 amide bonds. The van der Waals surface area contributed by atoms with E-state index in [1.807, 2.05) is 50.2 Å². The van der Waals surface area contributed by atoms with Crippen LogP contribution in [0, 0.1) is 22.7 Å². The molecule has 1 heterocycles. The summed E-state index contributed by atoms with van der Waals surface area (Å²) >= 11 is 0. The average Bonchev–Trinajstić information content (AvgIpc) is 3.28. The summed E-state index contributed by atoms with van der Waals surface area (Å²) in [6.07, 6.45) is 6.11. The minimum atomic E-state index is -1.38. The number of carbonyl (C=O) groups excluding carboxylic acids is 1. The SMILES string of the molecule is C[C@H]1c2ccoc2C[C@H]2[C@H]1[C@@H](O)[C@@H](OC(=O)/C=C/c1ccccc1)[C@@]1(O)C(C)(C)CCC[C@]21C. The molecule has 5 nitrogen and oxygen atoms in total. The Labute approximate surface area is 201 Å². The van der Waals surface area contributed by atoms with E-state index in [2.05, 4.69) is 13.8 Å². The molecule has 0 spiro atoms. The summed E-state index contributed by atoms with van der Waals surface area (Å²) in [7, 11) is 0. The molecule has 0 unspecified atom stereocenters. The highest BCUT2D eigenvalue weighted by Gasteiger charge is 2.73. The van der Waals surface area contributed by atoms with Crippen LogP contribution in [0.5, 0.6) is 0 Å². The van der Waals surface area contributed by atoms with Crippen molar-refractivity contribution in [3.05, 3.63) is 65.6 Å². The molecule has 2 saturated carbocycles. The standard InChI is InChI=1S/C29H36O5/c1-18-20-13-16-33-22(20)17-21-24(18)25(31)26(29(32)27(2,3)14-8-15-28(21,29)4)34-23(30)12-11-19-9-6-5-7-10-19/h5-7,9-13,16,18,21,24-26,31-32H,8,14-15,17H2,1-4H3/b12-11+/t18-,21-,24-,25+,26+,28+,29+/m0/s1. The molecule has 3 aliphatic rings. The van der Waals surface area contributed by atoms with Crippen molar-refractivity contribution in [2.45, 2.75) is 77.1 Å². The molecule has 1 aromatic heterocycles. The van der Waals surface area contributed by atoms with Gasteiger partial charge in [-0.3, -0.25) is 0 Å². The van der Waals surface area contributed by atoms with E-state index in [4.69, 9.17) is 9.15 Å². The van der Waals surface area contributed by atoms with Crippen LogP contribution in [-0.2, 0) is 16.0 Å². The highest BCUT2D eigenvalue weighted by molar-refractivity contribution is 5.87. The number of fused-ring (bicyclic) bond motifs is 4. The van der Waals surface area contributed by atoms with Crippen molar-refractivity contribution in [1.82, 2.24) is 0 Å². The number of carbonyl (C=O) groups is 1. The minimum Gasteiger partial charge on any atom is -0.469 e. The van der Waals surface area contributed by atoms with Crippen LogP contribution >= 0.6 is 0 Å². The molecular formula is C29H36O5. The summed E-state index contributed by atoms with van der Waals surface area (Å²) in [5.41, 5.74) is -0.450. The summed E-state index contributed by atoms with van der Waals surface area (Å²) in [5, 5.41) is 24.4.